The van der Waals surface area contributed by atoms with E-state index in [4.69, 9.17) is 0 Å². The van der Waals surface area contributed by atoms with Crippen LogP contribution in [0.25, 0.3) is 6.08 Å². The van der Waals surface area contributed by atoms with Crippen LogP contribution in [0.5, 0.6) is 0 Å². The van der Waals surface area contributed by atoms with Gasteiger partial charge in [-0.25, -0.2) is 4.79 Å². The third-order valence-electron chi connectivity index (χ3n) is 1.37. The van der Waals surface area contributed by atoms with E-state index < -0.39 is 5.97 Å². The number of ether oxygens (including phenoxy) is 1. The van der Waals surface area contributed by atoms with Crippen LogP contribution in [0.1, 0.15) is 15.2 Å². The molecule has 0 amide bonds. The van der Waals surface area contributed by atoms with Crippen molar-refractivity contribution < 1.29 is 14.3 Å². The number of carbonyl (C=O) groups is 2. The second-order valence-corrected chi connectivity index (χ2v) is 3.20. The lowest BCUT2D eigenvalue weighted by atomic mass is 10.3. The van der Waals surface area contributed by atoms with Gasteiger partial charge in [0, 0.05) is 6.08 Å². The molecule has 0 spiro atoms. The van der Waals surface area contributed by atoms with Crippen molar-refractivity contribution in [3.63, 3.8) is 0 Å². The first-order chi connectivity index (χ1) is 6.26. The second-order valence-electron chi connectivity index (χ2n) is 2.26. The molecule has 3 nitrogen and oxygen atoms in total. The summed E-state index contributed by atoms with van der Waals surface area (Å²) in [6, 6.07) is 1.71. The molecule has 1 aromatic rings. The van der Waals surface area contributed by atoms with Crippen molar-refractivity contribution in [3.05, 3.63) is 28.0 Å². The Kier molecular flexibility index (Phi) is 3.40. The molecule has 0 aliphatic rings. The number of hydrogen-bond donors (Lipinski definition) is 0. The topological polar surface area (TPSA) is 43.4 Å². The highest BCUT2D eigenvalue weighted by Gasteiger charge is 1.96. The van der Waals surface area contributed by atoms with Crippen molar-refractivity contribution in [3.8, 4) is 0 Å². The fraction of sp³-hybridized carbons (Fsp3) is 0.111. The maximum absolute atomic E-state index is 10.7. The Balaban J connectivity index is 2.68. The van der Waals surface area contributed by atoms with E-state index in [9.17, 15) is 9.59 Å². The van der Waals surface area contributed by atoms with Gasteiger partial charge in [0.1, 0.15) is 0 Å². The predicted molar refractivity (Wildman–Crippen MR) is 50.8 cm³/mol. The Morgan fingerprint density at radius 3 is 2.92 bits per heavy atom. The van der Waals surface area contributed by atoms with Crippen LogP contribution in [0.2, 0.25) is 0 Å². The van der Waals surface area contributed by atoms with Gasteiger partial charge in [0.05, 0.1) is 12.0 Å². The summed E-state index contributed by atoms with van der Waals surface area (Å²) in [6.07, 6.45) is 3.70. The number of esters is 1. The summed E-state index contributed by atoms with van der Waals surface area (Å²) in [5.74, 6) is -0.404. The highest BCUT2D eigenvalue weighted by atomic mass is 32.1. The van der Waals surface area contributed by atoms with E-state index in [-0.39, 0.29) is 0 Å². The highest BCUT2D eigenvalue weighted by molar-refractivity contribution is 7.11. The minimum Gasteiger partial charge on any atom is -0.466 e. The molecular formula is C9H8O3S. The smallest absolute Gasteiger partial charge is 0.330 e. The van der Waals surface area contributed by atoms with E-state index in [0.717, 1.165) is 11.8 Å². The zero-order valence-corrected chi connectivity index (χ0v) is 7.84. The van der Waals surface area contributed by atoms with Gasteiger partial charge in [-0.05, 0) is 23.1 Å². The second kappa shape index (κ2) is 4.57. The van der Waals surface area contributed by atoms with Gasteiger partial charge < -0.3 is 4.74 Å². The lowest BCUT2D eigenvalue weighted by molar-refractivity contribution is -0.134. The summed E-state index contributed by atoms with van der Waals surface area (Å²) in [6.45, 7) is 0. The summed E-state index contributed by atoms with van der Waals surface area (Å²) in [5.41, 5.74) is 0.831. The number of rotatable bonds is 3. The third kappa shape index (κ3) is 2.83. The molecule has 0 unspecified atom stereocenters. The first kappa shape index (κ1) is 9.67. The van der Waals surface area contributed by atoms with Crippen LogP contribution in [-0.4, -0.2) is 19.4 Å². The largest absolute Gasteiger partial charge is 0.466 e. The summed E-state index contributed by atoms with van der Waals surface area (Å²) < 4.78 is 4.41. The standard InChI is InChI=1S/C9H8O3S/c1-12-9(11)3-2-7-4-8(5-10)13-6-7/h2-6H,1H3. The Labute approximate surface area is 79.6 Å². The SMILES string of the molecule is COC(=O)C=Cc1csc(C=O)c1. The van der Waals surface area contributed by atoms with Gasteiger partial charge >= 0.3 is 5.97 Å². The average Bonchev–Trinajstić information content (AvgIpc) is 2.61. The molecule has 0 saturated heterocycles. The molecule has 0 aliphatic heterocycles. The molecule has 0 radical (unpaired) electrons. The Morgan fingerprint density at radius 2 is 2.38 bits per heavy atom. The van der Waals surface area contributed by atoms with Gasteiger partial charge in [-0.3, -0.25) is 4.79 Å². The number of aldehydes is 1. The van der Waals surface area contributed by atoms with E-state index in [2.05, 4.69) is 4.74 Å². The van der Waals surface area contributed by atoms with E-state index in [1.54, 1.807) is 17.5 Å². The zero-order chi connectivity index (χ0) is 9.68. The van der Waals surface area contributed by atoms with Crippen LogP contribution >= 0.6 is 11.3 Å². The quantitative estimate of drug-likeness (QED) is 0.420. The van der Waals surface area contributed by atoms with E-state index in [1.807, 2.05) is 0 Å². The molecule has 1 aromatic heterocycles. The molecule has 0 aliphatic carbocycles. The third-order valence-corrected chi connectivity index (χ3v) is 2.25. The summed E-state index contributed by atoms with van der Waals surface area (Å²) in [7, 11) is 1.32. The fourth-order valence-corrected chi connectivity index (χ4v) is 1.43. The van der Waals surface area contributed by atoms with Gasteiger partial charge in [0.25, 0.3) is 0 Å². The molecule has 0 bridgehead atoms. The Morgan fingerprint density at radius 1 is 1.62 bits per heavy atom. The minimum atomic E-state index is -0.404. The number of methoxy groups -OCH3 is 1. The molecule has 4 heteroatoms. The number of carbonyl (C=O) groups excluding carboxylic acids is 2. The monoisotopic (exact) mass is 196 g/mol. The Bertz CT molecular complexity index is 338. The molecule has 1 heterocycles. The van der Waals surface area contributed by atoms with Crippen LogP contribution < -0.4 is 0 Å². The molecule has 0 atom stereocenters. The van der Waals surface area contributed by atoms with Crippen LogP contribution in [0.15, 0.2) is 17.5 Å². The number of hydrogen-bond acceptors (Lipinski definition) is 4. The van der Waals surface area contributed by atoms with Crippen molar-refractivity contribution in [2.75, 3.05) is 7.11 Å². The van der Waals surface area contributed by atoms with Gasteiger partial charge in [-0.1, -0.05) is 0 Å². The first-order valence-corrected chi connectivity index (χ1v) is 4.44. The van der Waals surface area contributed by atoms with Crippen molar-refractivity contribution in [1.29, 1.82) is 0 Å². The number of thiophene rings is 1. The van der Waals surface area contributed by atoms with Crippen molar-refractivity contribution in [2.24, 2.45) is 0 Å². The maximum atomic E-state index is 10.7. The summed E-state index contributed by atoms with van der Waals surface area (Å²) >= 11 is 1.34. The highest BCUT2D eigenvalue weighted by Crippen LogP contribution is 2.13. The summed E-state index contributed by atoms with van der Waals surface area (Å²) in [5, 5.41) is 1.79. The van der Waals surface area contributed by atoms with Crippen LogP contribution in [0.4, 0.5) is 0 Å². The molecule has 0 N–H and O–H groups in total. The fourth-order valence-electron chi connectivity index (χ4n) is 0.750. The Hall–Kier alpha value is -1.42. The van der Waals surface area contributed by atoms with Gasteiger partial charge in [-0.2, -0.15) is 0 Å². The van der Waals surface area contributed by atoms with Gasteiger partial charge in [0.2, 0.25) is 0 Å². The first-order valence-electron chi connectivity index (χ1n) is 3.56. The van der Waals surface area contributed by atoms with E-state index in [0.29, 0.717) is 4.88 Å². The lowest BCUT2D eigenvalue weighted by Crippen LogP contribution is -1.92. The molecule has 13 heavy (non-hydrogen) atoms. The van der Waals surface area contributed by atoms with Gasteiger partial charge in [-0.15, -0.1) is 11.3 Å². The normalized spacial score (nSPS) is 10.2. The lowest BCUT2D eigenvalue weighted by Gasteiger charge is -1.87. The molecule has 1 rings (SSSR count). The molecule has 0 fully saturated rings. The molecule has 0 saturated carbocycles. The zero-order valence-electron chi connectivity index (χ0n) is 7.02. The average molecular weight is 196 g/mol. The van der Waals surface area contributed by atoms with Crippen LogP contribution in [0.3, 0.4) is 0 Å². The van der Waals surface area contributed by atoms with Crippen molar-refractivity contribution in [1.82, 2.24) is 0 Å². The summed E-state index contributed by atoms with van der Waals surface area (Å²) in [4.78, 5) is 21.6. The van der Waals surface area contributed by atoms with Crippen LogP contribution in [-0.2, 0) is 9.53 Å². The van der Waals surface area contributed by atoms with Gasteiger partial charge in [0.15, 0.2) is 6.29 Å². The maximum Gasteiger partial charge on any atom is 0.330 e. The predicted octanol–water partition coefficient (Wildman–Crippen LogP) is 1.75. The van der Waals surface area contributed by atoms with E-state index in [1.165, 1.54) is 24.5 Å². The molecular weight excluding hydrogens is 188 g/mol. The molecule has 0 aromatic carbocycles. The van der Waals surface area contributed by atoms with Crippen molar-refractivity contribution in [2.45, 2.75) is 0 Å². The van der Waals surface area contributed by atoms with Crippen LogP contribution in [0, 0.1) is 0 Å². The molecule has 68 valence electrons. The van der Waals surface area contributed by atoms with Crippen molar-refractivity contribution >= 4 is 29.7 Å². The van der Waals surface area contributed by atoms with E-state index >= 15 is 0 Å². The minimum absolute atomic E-state index is 0.404.